The zero-order valence-electron chi connectivity index (χ0n) is 14.5. The summed E-state index contributed by atoms with van der Waals surface area (Å²) in [6.07, 6.45) is 0. The second-order valence-corrected chi connectivity index (χ2v) is 7.80. The van der Waals surface area contributed by atoms with Crippen LogP contribution in [-0.2, 0) is 21.4 Å². The fourth-order valence-electron chi connectivity index (χ4n) is 2.44. The van der Waals surface area contributed by atoms with Crippen LogP contribution in [0.2, 0.25) is 0 Å². The number of nitrogens with one attached hydrogen (secondary N) is 2. The Balaban J connectivity index is 1.54. The second kappa shape index (κ2) is 7.35. The van der Waals surface area contributed by atoms with Crippen molar-refractivity contribution in [1.82, 2.24) is 10.0 Å². The van der Waals surface area contributed by atoms with E-state index in [4.69, 9.17) is 9.47 Å². The van der Waals surface area contributed by atoms with Gasteiger partial charge in [0.15, 0.2) is 11.5 Å². The van der Waals surface area contributed by atoms with Gasteiger partial charge in [-0.2, -0.15) is 0 Å². The van der Waals surface area contributed by atoms with Crippen molar-refractivity contribution in [1.29, 1.82) is 0 Å². The summed E-state index contributed by atoms with van der Waals surface area (Å²) in [5.74, 6) is 0.878. The van der Waals surface area contributed by atoms with Crippen molar-refractivity contribution >= 4 is 15.9 Å². The summed E-state index contributed by atoms with van der Waals surface area (Å²) < 4.78 is 37.4. The van der Waals surface area contributed by atoms with Crippen molar-refractivity contribution in [3.05, 3.63) is 53.1 Å². The quantitative estimate of drug-likeness (QED) is 0.799. The van der Waals surface area contributed by atoms with Crippen LogP contribution >= 0.6 is 0 Å². The van der Waals surface area contributed by atoms with Gasteiger partial charge in [-0.1, -0.05) is 12.1 Å². The van der Waals surface area contributed by atoms with E-state index in [-0.39, 0.29) is 24.8 Å². The number of rotatable bonds is 6. The van der Waals surface area contributed by atoms with Gasteiger partial charge in [-0.15, -0.1) is 0 Å². The number of hydrogen-bond donors (Lipinski definition) is 2. The largest absolute Gasteiger partial charge is 0.454 e. The van der Waals surface area contributed by atoms with E-state index in [1.54, 1.807) is 24.3 Å². The van der Waals surface area contributed by atoms with Gasteiger partial charge in [0.05, 0.1) is 11.4 Å². The van der Waals surface area contributed by atoms with Crippen molar-refractivity contribution in [3.63, 3.8) is 0 Å². The van der Waals surface area contributed by atoms with Crippen LogP contribution in [0, 0.1) is 13.8 Å². The first-order valence-corrected chi connectivity index (χ1v) is 9.55. The molecule has 0 atom stereocenters. The van der Waals surface area contributed by atoms with E-state index in [1.165, 1.54) is 6.07 Å². The molecule has 2 aromatic carbocycles. The molecule has 1 aliphatic rings. The van der Waals surface area contributed by atoms with E-state index in [1.807, 2.05) is 19.9 Å². The molecule has 1 heterocycles. The fourth-order valence-corrected chi connectivity index (χ4v) is 3.51. The maximum Gasteiger partial charge on any atom is 0.241 e. The Morgan fingerprint density at radius 3 is 2.58 bits per heavy atom. The molecule has 0 saturated heterocycles. The van der Waals surface area contributed by atoms with Crippen LogP contribution in [0.15, 0.2) is 41.3 Å². The summed E-state index contributed by atoms with van der Waals surface area (Å²) >= 11 is 0. The van der Waals surface area contributed by atoms with Gasteiger partial charge in [0, 0.05) is 6.54 Å². The Bertz CT molecular complexity index is 941. The Kier molecular flexibility index (Phi) is 5.15. The SMILES string of the molecule is Cc1ccc(S(=O)(=O)NCC(=O)NCc2ccc3c(c2)OCO3)cc1C. The van der Waals surface area contributed by atoms with E-state index < -0.39 is 15.9 Å². The summed E-state index contributed by atoms with van der Waals surface area (Å²) in [5, 5.41) is 2.67. The number of aryl methyl sites for hydroxylation is 2. The summed E-state index contributed by atoms with van der Waals surface area (Å²) in [6.45, 7) is 3.86. The first-order valence-electron chi connectivity index (χ1n) is 8.07. The lowest BCUT2D eigenvalue weighted by molar-refractivity contribution is -0.120. The zero-order valence-corrected chi connectivity index (χ0v) is 15.4. The molecule has 0 bridgehead atoms. The summed E-state index contributed by atoms with van der Waals surface area (Å²) in [5.41, 5.74) is 2.71. The van der Waals surface area contributed by atoms with Gasteiger partial charge in [-0.25, -0.2) is 13.1 Å². The van der Waals surface area contributed by atoms with Crippen LogP contribution < -0.4 is 19.5 Å². The lowest BCUT2D eigenvalue weighted by atomic mass is 10.1. The van der Waals surface area contributed by atoms with Crippen LogP contribution in [0.4, 0.5) is 0 Å². The van der Waals surface area contributed by atoms with E-state index in [0.717, 1.165) is 16.7 Å². The molecule has 8 heteroatoms. The van der Waals surface area contributed by atoms with E-state index >= 15 is 0 Å². The van der Waals surface area contributed by atoms with Crippen LogP contribution in [-0.4, -0.2) is 27.7 Å². The van der Waals surface area contributed by atoms with E-state index in [0.29, 0.717) is 11.5 Å². The molecule has 7 nitrogen and oxygen atoms in total. The van der Waals surface area contributed by atoms with Crippen LogP contribution in [0.3, 0.4) is 0 Å². The third kappa shape index (κ3) is 4.14. The van der Waals surface area contributed by atoms with Gasteiger partial charge in [-0.3, -0.25) is 4.79 Å². The number of sulfonamides is 1. The normalized spacial score (nSPS) is 12.8. The maximum absolute atomic E-state index is 12.3. The molecule has 0 radical (unpaired) electrons. The van der Waals surface area contributed by atoms with Gasteiger partial charge in [0.25, 0.3) is 0 Å². The molecular formula is C18H20N2O5S. The molecule has 1 aliphatic heterocycles. The van der Waals surface area contributed by atoms with Crippen molar-refractivity contribution in [3.8, 4) is 11.5 Å². The molecule has 0 fully saturated rings. The van der Waals surface area contributed by atoms with Gasteiger partial charge >= 0.3 is 0 Å². The third-order valence-corrected chi connectivity index (χ3v) is 5.54. The van der Waals surface area contributed by atoms with Crippen molar-refractivity contribution < 1.29 is 22.7 Å². The molecular weight excluding hydrogens is 356 g/mol. The highest BCUT2D eigenvalue weighted by atomic mass is 32.2. The number of carbonyl (C=O) groups is 1. The minimum absolute atomic E-state index is 0.143. The first-order chi connectivity index (χ1) is 12.3. The van der Waals surface area contributed by atoms with Crippen LogP contribution in [0.1, 0.15) is 16.7 Å². The third-order valence-electron chi connectivity index (χ3n) is 4.14. The van der Waals surface area contributed by atoms with Gasteiger partial charge < -0.3 is 14.8 Å². The molecule has 0 unspecified atom stereocenters. The highest BCUT2D eigenvalue weighted by Gasteiger charge is 2.17. The standard InChI is InChI=1S/C18H20N2O5S/c1-12-3-5-15(7-13(12)2)26(22,23)20-10-18(21)19-9-14-4-6-16-17(8-14)25-11-24-16/h3-8,20H,9-11H2,1-2H3,(H,19,21). The van der Waals surface area contributed by atoms with Gasteiger partial charge in [-0.05, 0) is 54.8 Å². The molecule has 26 heavy (non-hydrogen) atoms. The predicted molar refractivity (Wildman–Crippen MR) is 95.5 cm³/mol. The Hall–Kier alpha value is -2.58. The summed E-state index contributed by atoms with van der Waals surface area (Å²) in [7, 11) is -3.73. The molecule has 138 valence electrons. The number of amides is 1. The summed E-state index contributed by atoms with van der Waals surface area (Å²) in [4.78, 5) is 12.1. The van der Waals surface area contributed by atoms with Crippen molar-refractivity contribution in [2.75, 3.05) is 13.3 Å². The zero-order chi connectivity index (χ0) is 18.7. The number of benzene rings is 2. The highest BCUT2D eigenvalue weighted by molar-refractivity contribution is 7.89. The van der Waals surface area contributed by atoms with E-state index in [9.17, 15) is 13.2 Å². The van der Waals surface area contributed by atoms with Crippen LogP contribution in [0.25, 0.3) is 0 Å². The topological polar surface area (TPSA) is 93.7 Å². The predicted octanol–water partition coefficient (Wildman–Crippen LogP) is 1.63. The number of fused-ring (bicyclic) bond motifs is 1. The lowest BCUT2D eigenvalue weighted by Gasteiger charge is -2.09. The smallest absolute Gasteiger partial charge is 0.241 e. The molecule has 1 amide bonds. The Labute approximate surface area is 152 Å². The molecule has 0 aliphatic carbocycles. The van der Waals surface area contributed by atoms with Crippen molar-refractivity contribution in [2.24, 2.45) is 0 Å². The number of hydrogen-bond acceptors (Lipinski definition) is 5. The summed E-state index contributed by atoms with van der Waals surface area (Å²) in [6, 6.07) is 10.2. The highest BCUT2D eigenvalue weighted by Crippen LogP contribution is 2.32. The molecule has 0 spiro atoms. The minimum atomic E-state index is -3.73. The Morgan fingerprint density at radius 2 is 1.81 bits per heavy atom. The number of carbonyl (C=O) groups excluding carboxylic acids is 1. The molecule has 2 N–H and O–H groups in total. The van der Waals surface area contributed by atoms with Crippen LogP contribution in [0.5, 0.6) is 11.5 Å². The fraction of sp³-hybridized carbons (Fsp3) is 0.278. The average Bonchev–Trinajstić information content (AvgIpc) is 3.08. The Morgan fingerprint density at radius 1 is 1.04 bits per heavy atom. The molecule has 0 aromatic heterocycles. The minimum Gasteiger partial charge on any atom is -0.454 e. The molecule has 0 saturated carbocycles. The maximum atomic E-state index is 12.3. The average molecular weight is 376 g/mol. The second-order valence-electron chi connectivity index (χ2n) is 6.03. The van der Waals surface area contributed by atoms with E-state index in [2.05, 4.69) is 10.0 Å². The van der Waals surface area contributed by atoms with Crippen molar-refractivity contribution in [2.45, 2.75) is 25.3 Å². The molecule has 3 rings (SSSR count). The monoisotopic (exact) mass is 376 g/mol. The van der Waals surface area contributed by atoms with Gasteiger partial charge in [0.2, 0.25) is 22.7 Å². The number of ether oxygens (including phenoxy) is 2. The molecule has 2 aromatic rings. The lowest BCUT2D eigenvalue weighted by Crippen LogP contribution is -2.36. The first kappa shape index (κ1) is 18.2. The van der Waals surface area contributed by atoms with Gasteiger partial charge in [0.1, 0.15) is 0 Å².